The third-order valence-corrected chi connectivity index (χ3v) is 8.66. The SMILES string of the molecule is c1ccc(-c2nc(-c3ccc4c5c(cccc35)-c3ccc(N(c5ccccc5)c5ccccc5)cc3O4)nc3ccccc23)cc1. The van der Waals surface area contributed by atoms with Gasteiger partial charge in [0.15, 0.2) is 5.82 Å². The van der Waals surface area contributed by atoms with Crippen LogP contribution in [0.1, 0.15) is 0 Å². The Morgan fingerprint density at radius 2 is 1.09 bits per heavy atom. The van der Waals surface area contributed by atoms with Gasteiger partial charge in [-0.3, -0.25) is 0 Å². The second-order valence-electron chi connectivity index (χ2n) is 11.4. The standard InChI is InChI=1S/C42H27N3O/c1-4-13-28(14-5-1)41-36-19-10-11-22-37(36)43-42(44-41)35-25-26-38-40-33(20-12-21-34(35)40)32-24-23-31(27-39(32)46-38)45(29-15-6-2-7-16-29)30-17-8-3-9-18-30/h1-27H. The fraction of sp³-hybridized carbons (Fsp3) is 0. The Balaban J connectivity index is 1.20. The van der Waals surface area contributed by atoms with Gasteiger partial charge >= 0.3 is 0 Å². The van der Waals surface area contributed by atoms with Gasteiger partial charge in [0.25, 0.3) is 0 Å². The van der Waals surface area contributed by atoms with Crippen LogP contribution in [0.3, 0.4) is 0 Å². The molecule has 0 fully saturated rings. The van der Waals surface area contributed by atoms with Crippen molar-refractivity contribution in [2.75, 3.05) is 4.90 Å². The number of ether oxygens (including phenoxy) is 1. The van der Waals surface area contributed by atoms with Gasteiger partial charge in [0.1, 0.15) is 11.5 Å². The third kappa shape index (κ3) is 4.31. The molecule has 4 nitrogen and oxygen atoms in total. The second kappa shape index (κ2) is 10.7. The topological polar surface area (TPSA) is 38.2 Å². The summed E-state index contributed by atoms with van der Waals surface area (Å²) in [4.78, 5) is 12.5. The molecule has 0 saturated carbocycles. The minimum absolute atomic E-state index is 0.698. The molecule has 1 aliphatic heterocycles. The monoisotopic (exact) mass is 589 g/mol. The highest BCUT2D eigenvalue weighted by molar-refractivity contribution is 6.10. The molecule has 46 heavy (non-hydrogen) atoms. The highest BCUT2D eigenvalue weighted by Gasteiger charge is 2.24. The lowest BCUT2D eigenvalue weighted by atomic mass is 9.92. The fourth-order valence-electron chi connectivity index (χ4n) is 6.57. The van der Waals surface area contributed by atoms with Gasteiger partial charge in [-0.1, -0.05) is 103 Å². The van der Waals surface area contributed by atoms with Crippen LogP contribution in [-0.2, 0) is 0 Å². The number of rotatable bonds is 5. The summed E-state index contributed by atoms with van der Waals surface area (Å²) in [6.45, 7) is 0. The number of hydrogen-bond acceptors (Lipinski definition) is 4. The van der Waals surface area contributed by atoms with Crippen molar-refractivity contribution in [3.8, 4) is 45.3 Å². The van der Waals surface area contributed by atoms with E-state index < -0.39 is 0 Å². The van der Waals surface area contributed by atoms with Gasteiger partial charge in [0, 0.05) is 50.6 Å². The van der Waals surface area contributed by atoms with E-state index in [1.807, 2.05) is 42.5 Å². The molecular formula is C42H27N3O. The van der Waals surface area contributed by atoms with Crippen LogP contribution in [0.2, 0.25) is 0 Å². The summed E-state index contributed by atoms with van der Waals surface area (Å²) in [6, 6.07) is 56.5. The van der Waals surface area contributed by atoms with E-state index in [0.717, 1.165) is 78.2 Å². The number of nitrogens with zero attached hydrogens (tertiary/aromatic N) is 3. The van der Waals surface area contributed by atoms with Crippen LogP contribution < -0.4 is 9.64 Å². The van der Waals surface area contributed by atoms with Gasteiger partial charge < -0.3 is 9.64 Å². The summed E-state index contributed by atoms with van der Waals surface area (Å²) in [6.07, 6.45) is 0. The highest BCUT2D eigenvalue weighted by Crippen LogP contribution is 2.50. The van der Waals surface area contributed by atoms with Gasteiger partial charge in [-0.2, -0.15) is 0 Å². The van der Waals surface area contributed by atoms with E-state index in [-0.39, 0.29) is 0 Å². The van der Waals surface area contributed by atoms with Gasteiger partial charge in [-0.05, 0) is 65.5 Å². The number of anilines is 3. The maximum absolute atomic E-state index is 6.70. The Morgan fingerprint density at radius 1 is 0.435 bits per heavy atom. The van der Waals surface area contributed by atoms with Crippen molar-refractivity contribution in [1.29, 1.82) is 0 Å². The quantitative estimate of drug-likeness (QED) is 0.200. The molecule has 0 unspecified atom stereocenters. The van der Waals surface area contributed by atoms with E-state index in [4.69, 9.17) is 14.7 Å². The Bertz CT molecular complexity index is 2350. The van der Waals surface area contributed by atoms with Crippen LogP contribution in [0.4, 0.5) is 17.1 Å². The molecule has 216 valence electrons. The van der Waals surface area contributed by atoms with Crippen LogP contribution >= 0.6 is 0 Å². The summed E-state index contributed by atoms with van der Waals surface area (Å²) in [7, 11) is 0. The fourth-order valence-corrected chi connectivity index (χ4v) is 6.57. The lowest BCUT2D eigenvalue weighted by Gasteiger charge is -2.28. The van der Waals surface area contributed by atoms with Crippen LogP contribution in [0.15, 0.2) is 164 Å². The van der Waals surface area contributed by atoms with Crippen molar-refractivity contribution in [2.45, 2.75) is 0 Å². The molecule has 0 saturated heterocycles. The summed E-state index contributed by atoms with van der Waals surface area (Å²) in [5, 5.41) is 3.17. The summed E-state index contributed by atoms with van der Waals surface area (Å²) in [5.41, 5.74) is 9.29. The number of benzene rings is 7. The Hall–Kier alpha value is -6.26. The van der Waals surface area contributed by atoms with Crippen molar-refractivity contribution in [3.63, 3.8) is 0 Å². The maximum atomic E-state index is 6.70. The average Bonchev–Trinajstić information content (AvgIpc) is 3.13. The smallest absolute Gasteiger partial charge is 0.161 e. The van der Waals surface area contributed by atoms with Crippen molar-refractivity contribution >= 4 is 38.7 Å². The highest BCUT2D eigenvalue weighted by atomic mass is 16.5. The predicted octanol–water partition coefficient (Wildman–Crippen LogP) is 11.4. The molecule has 0 bridgehead atoms. The lowest BCUT2D eigenvalue weighted by Crippen LogP contribution is -2.10. The minimum atomic E-state index is 0.698. The zero-order chi connectivity index (χ0) is 30.5. The maximum Gasteiger partial charge on any atom is 0.161 e. The van der Waals surface area contributed by atoms with Crippen molar-refractivity contribution in [1.82, 2.24) is 9.97 Å². The van der Waals surface area contributed by atoms with E-state index in [2.05, 4.69) is 126 Å². The summed E-state index contributed by atoms with van der Waals surface area (Å²) >= 11 is 0. The van der Waals surface area contributed by atoms with Gasteiger partial charge in [-0.25, -0.2) is 9.97 Å². The van der Waals surface area contributed by atoms with E-state index in [1.54, 1.807) is 0 Å². The van der Waals surface area contributed by atoms with Crippen LogP contribution in [-0.4, -0.2) is 9.97 Å². The molecule has 2 heterocycles. The Labute approximate surface area is 266 Å². The van der Waals surface area contributed by atoms with Gasteiger partial charge in [0.05, 0.1) is 11.2 Å². The zero-order valence-electron chi connectivity index (χ0n) is 24.8. The molecule has 4 heteroatoms. The van der Waals surface area contributed by atoms with Crippen molar-refractivity contribution in [3.05, 3.63) is 164 Å². The molecular weight excluding hydrogens is 562 g/mol. The van der Waals surface area contributed by atoms with Crippen molar-refractivity contribution in [2.24, 2.45) is 0 Å². The predicted molar refractivity (Wildman–Crippen MR) is 188 cm³/mol. The molecule has 0 radical (unpaired) electrons. The first-order valence-electron chi connectivity index (χ1n) is 15.4. The molecule has 9 rings (SSSR count). The van der Waals surface area contributed by atoms with Crippen LogP contribution in [0, 0.1) is 0 Å². The number of hydrogen-bond donors (Lipinski definition) is 0. The molecule has 1 aliphatic rings. The first-order valence-corrected chi connectivity index (χ1v) is 15.4. The molecule has 8 aromatic rings. The van der Waals surface area contributed by atoms with E-state index in [0.29, 0.717) is 5.82 Å². The van der Waals surface area contributed by atoms with E-state index >= 15 is 0 Å². The van der Waals surface area contributed by atoms with Gasteiger partial charge in [0.2, 0.25) is 0 Å². The Kier molecular flexibility index (Phi) is 6.10. The first kappa shape index (κ1) is 26.2. The molecule has 7 aromatic carbocycles. The van der Waals surface area contributed by atoms with Crippen LogP contribution in [0.5, 0.6) is 11.5 Å². The third-order valence-electron chi connectivity index (χ3n) is 8.66. The summed E-state index contributed by atoms with van der Waals surface area (Å²) in [5.74, 6) is 2.35. The largest absolute Gasteiger partial charge is 0.456 e. The second-order valence-corrected chi connectivity index (χ2v) is 11.4. The molecule has 0 aliphatic carbocycles. The van der Waals surface area contributed by atoms with E-state index in [9.17, 15) is 0 Å². The minimum Gasteiger partial charge on any atom is -0.456 e. The molecule has 0 amide bonds. The van der Waals surface area contributed by atoms with E-state index in [1.165, 1.54) is 0 Å². The number of aromatic nitrogens is 2. The van der Waals surface area contributed by atoms with Crippen LogP contribution in [0.25, 0.3) is 55.4 Å². The number of para-hydroxylation sites is 3. The molecule has 0 N–H and O–H groups in total. The lowest BCUT2D eigenvalue weighted by molar-refractivity contribution is 0.487. The number of fused-ring (bicyclic) bond motifs is 3. The zero-order valence-corrected chi connectivity index (χ0v) is 24.8. The average molecular weight is 590 g/mol. The Morgan fingerprint density at radius 3 is 1.85 bits per heavy atom. The first-order chi connectivity index (χ1) is 22.8. The normalized spacial score (nSPS) is 11.7. The van der Waals surface area contributed by atoms with Gasteiger partial charge in [-0.15, -0.1) is 0 Å². The van der Waals surface area contributed by atoms with Crippen molar-refractivity contribution < 1.29 is 4.74 Å². The molecule has 0 atom stereocenters. The summed E-state index contributed by atoms with van der Waals surface area (Å²) < 4.78 is 6.70. The molecule has 0 spiro atoms. The molecule has 1 aromatic heterocycles.